The van der Waals surface area contributed by atoms with Crippen LogP contribution >= 0.6 is 35.6 Å². The number of nitrogens with one attached hydrogen (secondary N) is 1. The van der Waals surface area contributed by atoms with Gasteiger partial charge in [0.05, 0.1) is 11.4 Å². The number of aryl methyl sites for hydroxylation is 1. The molecular weight excluding hydrogens is 397 g/mol. The molecular formula is C17H18Cl3N5O. The van der Waals surface area contributed by atoms with E-state index in [0.717, 1.165) is 28.1 Å². The Kier molecular flexibility index (Phi) is 6.83. The van der Waals surface area contributed by atoms with Gasteiger partial charge in [0.25, 0.3) is 0 Å². The minimum absolute atomic E-state index is 0. The van der Waals surface area contributed by atoms with Crippen molar-refractivity contribution < 1.29 is 5.21 Å². The van der Waals surface area contributed by atoms with Crippen LogP contribution in [0.4, 0.5) is 0 Å². The number of hydrogen-bond donors (Lipinski definition) is 3. The number of rotatable bonds is 2. The van der Waals surface area contributed by atoms with Crippen LogP contribution in [-0.4, -0.2) is 21.9 Å². The van der Waals surface area contributed by atoms with Gasteiger partial charge < -0.3 is 5.73 Å². The first-order valence-electron chi connectivity index (χ1n) is 7.70. The van der Waals surface area contributed by atoms with Crippen LogP contribution in [0.25, 0.3) is 0 Å². The fourth-order valence-corrected chi connectivity index (χ4v) is 3.84. The van der Waals surface area contributed by atoms with Crippen molar-refractivity contribution in [2.75, 3.05) is 0 Å². The van der Waals surface area contributed by atoms with Crippen molar-refractivity contribution in [2.24, 2.45) is 15.9 Å². The van der Waals surface area contributed by atoms with E-state index in [1.807, 2.05) is 31.2 Å². The Bertz CT molecular complexity index is 849. The summed E-state index contributed by atoms with van der Waals surface area (Å²) in [7, 11) is 0. The summed E-state index contributed by atoms with van der Waals surface area (Å²) in [5, 5.41) is 18.1. The number of guanidine groups is 1. The molecule has 1 atom stereocenters. The van der Waals surface area contributed by atoms with Crippen LogP contribution in [0.2, 0.25) is 10.0 Å². The third-order valence-electron chi connectivity index (χ3n) is 4.21. The normalized spacial score (nSPS) is 18.2. The van der Waals surface area contributed by atoms with Gasteiger partial charge in [-0.05, 0) is 55.0 Å². The minimum atomic E-state index is -0.187. The number of fused-ring (bicyclic) bond motifs is 1. The van der Waals surface area contributed by atoms with Crippen molar-refractivity contribution in [3.05, 3.63) is 62.9 Å². The molecule has 0 aliphatic heterocycles. The highest BCUT2D eigenvalue weighted by Crippen LogP contribution is 2.39. The van der Waals surface area contributed by atoms with Gasteiger partial charge in [-0.2, -0.15) is 5.10 Å². The first-order chi connectivity index (χ1) is 12.0. The Morgan fingerprint density at radius 3 is 2.62 bits per heavy atom. The maximum absolute atomic E-state index is 8.79. The first-order valence-corrected chi connectivity index (χ1v) is 8.45. The molecule has 9 heteroatoms. The third kappa shape index (κ3) is 4.10. The van der Waals surface area contributed by atoms with E-state index in [1.54, 1.807) is 11.7 Å². The van der Waals surface area contributed by atoms with Crippen molar-refractivity contribution in [3.8, 4) is 0 Å². The van der Waals surface area contributed by atoms with Crippen molar-refractivity contribution in [1.29, 1.82) is 0 Å². The number of nitrogens with two attached hydrogens (primary N) is 1. The molecule has 3 rings (SSSR count). The quantitative estimate of drug-likeness (QED) is 0.395. The summed E-state index contributed by atoms with van der Waals surface area (Å²) in [5.41, 5.74) is 11.8. The molecule has 4 N–H and O–H groups in total. The largest absolute Gasteiger partial charge is 0.367 e. The van der Waals surface area contributed by atoms with Crippen LogP contribution in [0, 0.1) is 6.92 Å². The van der Waals surface area contributed by atoms with E-state index in [1.165, 1.54) is 0 Å². The van der Waals surface area contributed by atoms with E-state index in [4.69, 9.17) is 34.1 Å². The van der Waals surface area contributed by atoms with Gasteiger partial charge in [-0.1, -0.05) is 29.3 Å². The number of hydrogen-bond acceptors (Lipinski definition) is 4. The van der Waals surface area contributed by atoms with E-state index in [2.05, 4.69) is 15.2 Å². The first kappa shape index (κ1) is 20.5. The van der Waals surface area contributed by atoms with E-state index >= 15 is 0 Å². The molecule has 2 aromatic rings. The molecule has 1 aliphatic rings. The zero-order valence-corrected chi connectivity index (χ0v) is 16.2. The molecule has 1 aromatic carbocycles. The highest BCUT2D eigenvalue weighted by Gasteiger charge is 2.29. The second kappa shape index (κ2) is 8.68. The number of nitrogens with zero attached hydrogens (tertiary/aromatic N) is 3. The fraction of sp³-hybridized carbons (Fsp3) is 0.235. The van der Waals surface area contributed by atoms with Gasteiger partial charge in [-0.25, -0.2) is 5.48 Å². The highest BCUT2D eigenvalue weighted by molar-refractivity contribution is 6.36. The predicted octanol–water partition coefficient (Wildman–Crippen LogP) is 3.85. The fourth-order valence-electron chi connectivity index (χ4n) is 3.14. The van der Waals surface area contributed by atoms with Crippen LogP contribution in [0.3, 0.4) is 0 Å². The Morgan fingerprint density at radius 2 is 1.96 bits per heavy atom. The lowest BCUT2D eigenvalue weighted by atomic mass is 9.80. The summed E-state index contributed by atoms with van der Waals surface area (Å²) in [6.07, 6.45) is 3.07. The Hall–Kier alpha value is -1.86. The molecule has 0 fully saturated rings. The Balaban J connectivity index is 0.00000243. The Morgan fingerprint density at radius 1 is 1.27 bits per heavy atom. The number of hydroxylamine groups is 1. The number of pyridine rings is 1. The van der Waals surface area contributed by atoms with Crippen molar-refractivity contribution >= 4 is 47.3 Å². The van der Waals surface area contributed by atoms with Gasteiger partial charge in [0.15, 0.2) is 0 Å². The van der Waals surface area contributed by atoms with E-state index in [0.29, 0.717) is 22.9 Å². The number of aromatic nitrogens is 1. The monoisotopic (exact) mass is 413 g/mol. The van der Waals surface area contributed by atoms with E-state index in [-0.39, 0.29) is 24.3 Å². The maximum Gasteiger partial charge on any atom is 0.237 e. The molecule has 0 bridgehead atoms. The predicted molar refractivity (Wildman–Crippen MR) is 107 cm³/mol. The number of benzene rings is 1. The van der Waals surface area contributed by atoms with Crippen molar-refractivity contribution in [1.82, 2.24) is 10.5 Å². The minimum Gasteiger partial charge on any atom is -0.367 e. The lowest BCUT2D eigenvalue weighted by Gasteiger charge is -2.27. The summed E-state index contributed by atoms with van der Waals surface area (Å²) in [6.45, 7) is 2.00. The van der Waals surface area contributed by atoms with Gasteiger partial charge in [0.1, 0.15) is 0 Å². The lowest BCUT2D eigenvalue weighted by molar-refractivity contribution is 0.232. The topological polar surface area (TPSA) is 95.9 Å². The van der Waals surface area contributed by atoms with Gasteiger partial charge in [-0.3, -0.25) is 10.2 Å². The lowest BCUT2D eigenvalue weighted by Crippen LogP contribution is -2.28. The summed E-state index contributed by atoms with van der Waals surface area (Å²) < 4.78 is 0. The molecule has 0 spiro atoms. The molecule has 1 unspecified atom stereocenters. The van der Waals surface area contributed by atoms with Crippen LogP contribution in [0.5, 0.6) is 0 Å². The van der Waals surface area contributed by atoms with Gasteiger partial charge in [0, 0.05) is 21.8 Å². The molecule has 0 amide bonds. The number of halogens is 3. The second-order valence-corrected chi connectivity index (χ2v) is 6.65. The van der Waals surface area contributed by atoms with Gasteiger partial charge in [-0.15, -0.1) is 17.5 Å². The molecule has 0 saturated heterocycles. The zero-order chi connectivity index (χ0) is 18.0. The van der Waals surface area contributed by atoms with Crippen LogP contribution in [-0.2, 0) is 6.42 Å². The molecule has 0 radical (unpaired) electrons. The average Bonchev–Trinajstić information content (AvgIpc) is 2.59. The third-order valence-corrected chi connectivity index (χ3v) is 4.87. The molecule has 1 aliphatic carbocycles. The summed E-state index contributed by atoms with van der Waals surface area (Å²) in [6, 6.07) is 7.39. The van der Waals surface area contributed by atoms with E-state index < -0.39 is 0 Å². The molecule has 138 valence electrons. The molecule has 6 nitrogen and oxygen atoms in total. The molecule has 0 saturated carbocycles. The van der Waals surface area contributed by atoms with Gasteiger partial charge >= 0.3 is 0 Å². The van der Waals surface area contributed by atoms with Gasteiger partial charge in [0.2, 0.25) is 5.96 Å². The second-order valence-electron chi connectivity index (χ2n) is 5.83. The average molecular weight is 415 g/mol. The maximum atomic E-state index is 8.79. The molecule has 1 heterocycles. The van der Waals surface area contributed by atoms with Crippen molar-refractivity contribution in [3.63, 3.8) is 0 Å². The summed E-state index contributed by atoms with van der Waals surface area (Å²) in [5.74, 6) is -0.159. The standard InChI is InChI=1S/C17H17Cl2N5O.ClH/c1-9-5-6-21-13-7-10(16-11(18)3-2-4-12(16)19)8-14(15(9)13)22-23-17(20)24-25;/h2-6,10,25H,7-8H2,1H3,(H3,20,23,24);1H/b22-14-;. The molecule has 26 heavy (non-hydrogen) atoms. The smallest absolute Gasteiger partial charge is 0.237 e. The van der Waals surface area contributed by atoms with Crippen LogP contribution in [0.15, 0.2) is 40.7 Å². The zero-order valence-electron chi connectivity index (χ0n) is 13.9. The Labute approximate surface area is 167 Å². The SMILES string of the molecule is Cc1ccnc2c1/C(=N\N=C(N)NO)CC(c1c(Cl)cccc1Cl)C2.Cl. The van der Waals surface area contributed by atoms with E-state index in [9.17, 15) is 0 Å². The highest BCUT2D eigenvalue weighted by atomic mass is 35.5. The van der Waals surface area contributed by atoms with Crippen LogP contribution in [0.1, 0.15) is 34.7 Å². The summed E-state index contributed by atoms with van der Waals surface area (Å²) >= 11 is 12.8. The summed E-state index contributed by atoms with van der Waals surface area (Å²) in [4.78, 5) is 4.50. The van der Waals surface area contributed by atoms with Crippen molar-refractivity contribution in [2.45, 2.75) is 25.7 Å². The van der Waals surface area contributed by atoms with Crippen LogP contribution < -0.4 is 11.2 Å². The molecule has 1 aromatic heterocycles.